The first kappa shape index (κ1) is 26.3. The molecule has 14 heteroatoms. The number of nitriles is 1. The van der Waals surface area contributed by atoms with E-state index in [-0.39, 0.29) is 40.7 Å². The van der Waals surface area contributed by atoms with Gasteiger partial charge in [0.15, 0.2) is 23.2 Å². The SMILES string of the molecule is N#Cc1ccc(NC(=O)CO/N=C(\C(=O)C[C@H]2Cc3cccc(C(=O)O)c3OB2O)c2csc(N)n2)cc1. The number of carboxylic acid groups (broad SMARTS) is 1. The van der Waals surface area contributed by atoms with Crippen molar-refractivity contribution in [1.29, 1.82) is 5.26 Å². The van der Waals surface area contributed by atoms with Gasteiger partial charge in [0.05, 0.1) is 17.2 Å². The van der Waals surface area contributed by atoms with Crippen LogP contribution >= 0.6 is 11.3 Å². The van der Waals surface area contributed by atoms with Crippen LogP contribution in [-0.4, -0.2) is 52.2 Å². The quantitative estimate of drug-likeness (QED) is 0.180. The zero-order valence-electron chi connectivity index (χ0n) is 19.7. The number of nitrogen functional groups attached to an aromatic ring is 1. The van der Waals surface area contributed by atoms with Gasteiger partial charge in [-0.1, -0.05) is 17.3 Å². The summed E-state index contributed by atoms with van der Waals surface area (Å²) < 4.78 is 5.46. The van der Waals surface area contributed by atoms with Crippen LogP contribution in [0, 0.1) is 11.3 Å². The second-order valence-electron chi connectivity index (χ2n) is 8.22. The Morgan fingerprint density at radius 2 is 2.05 bits per heavy atom. The fraction of sp³-hybridized carbons (Fsp3) is 0.167. The number of carbonyl (C=O) groups excluding carboxylic acids is 2. The second-order valence-corrected chi connectivity index (χ2v) is 9.11. The third-order valence-corrected chi connectivity index (χ3v) is 6.25. The predicted molar refractivity (Wildman–Crippen MR) is 138 cm³/mol. The molecular weight excluding hydrogens is 513 g/mol. The number of fused-ring (bicyclic) bond motifs is 1. The molecule has 1 atom stereocenters. The van der Waals surface area contributed by atoms with Crippen molar-refractivity contribution in [2.45, 2.75) is 18.7 Å². The van der Waals surface area contributed by atoms with Crippen LogP contribution in [0.2, 0.25) is 5.82 Å². The number of aromatic nitrogens is 1. The predicted octanol–water partition coefficient (Wildman–Crippen LogP) is 2.10. The number of carbonyl (C=O) groups is 3. The molecule has 192 valence electrons. The van der Waals surface area contributed by atoms with E-state index in [4.69, 9.17) is 20.5 Å². The molecule has 12 nitrogen and oxygen atoms in total. The summed E-state index contributed by atoms with van der Waals surface area (Å²) in [5.74, 6) is -2.94. The zero-order chi connectivity index (χ0) is 27.2. The van der Waals surface area contributed by atoms with Crippen LogP contribution in [0.1, 0.15) is 33.6 Å². The molecule has 2 aromatic carbocycles. The third-order valence-electron chi connectivity index (χ3n) is 5.58. The molecular formula is C24H20BN5O7S. The molecule has 1 aromatic heterocycles. The fourth-order valence-electron chi connectivity index (χ4n) is 3.78. The number of hydrogen-bond donors (Lipinski definition) is 4. The van der Waals surface area contributed by atoms with E-state index < -0.39 is 37.2 Å². The molecule has 0 fully saturated rings. The lowest BCUT2D eigenvalue weighted by Gasteiger charge is -2.28. The Labute approximate surface area is 220 Å². The standard InChI is InChI=1S/C24H20BN5O7S/c26-10-13-4-6-16(7-5-13)28-20(32)11-36-30-21(18-12-38-24(27)29-18)19(31)9-15-8-14-2-1-3-17(23(33)34)22(14)37-25(15)35/h1-7,12,15,35H,8-9,11H2,(H2,27,29)(H,28,32)(H,33,34)/b30-21-/t15-/m1/s1. The number of oxime groups is 1. The molecule has 0 aliphatic carbocycles. The minimum absolute atomic E-state index is 0.0639. The first-order valence-electron chi connectivity index (χ1n) is 11.2. The number of para-hydroxylation sites is 1. The highest BCUT2D eigenvalue weighted by Gasteiger charge is 2.39. The number of thiazole rings is 1. The summed E-state index contributed by atoms with van der Waals surface area (Å²) in [5.41, 5.74) is 7.00. The van der Waals surface area contributed by atoms with Crippen molar-refractivity contribution < 1.29 is 34.0 Å². The molecule has 0 saturated carbocycles. The molecule has 38 heavy (non-hydrogen) atoms. The summed E-state index contributed by atoms with van der Waals surface area (Å²) in [6, 6.07) is 12.8. The highest BCUT2D eigenvalue weighted by Crippen LogP contribution is 2.36. The molecule has 0 saturated heterocycles. The fourth-order valence-corrected chi connectivity index (χ4v) is 4.33. The van der Waals surface area contributed by atoms with Gasteiger partial charge in [0.25, 0.3) is 5.91 Å². The van der Waals surface area contributed by atoms with Crippen LogP contribution < -0.4 is 15.7 Å². The van der Waals surface area contributed by atoms with E-state index >= 15 is 0 Å². The number of carboxylic acids is 1. The third kappa shape index (κ3) is 6.15. The number of ketones is 1. The number of hydrogen-bond acceptors (Lipinski definition) is 11. The van der Waals surface area contributed by atoms with Gasteiger partial charge in [-0.05, 0) is 42.3 Å². The van der Waals surface area contributed by atoms with Gasteiger partial charge in [-0.3, -0.25) is 9.59 Å². The van der Waals surface area contributed by atoms with Crippen LogP contribution in [0.4, 0.5) is 10.8 Å². The van der Waals surface area contributed by atoms with E-state index in [1.54, 1.807) is 36.4 Å². The van der Waals surface area contributed by atoms with Gasteiger partial charge in [0.2, 0.25) is 0 Å². The van der Waals surface area contributed by atoms with E-state index in [2.05, 4.69) is 15.5 Å². The molecule has 0 unspecified atom stereocenters. The Balaban J connectivity index is 1.45. The lowest BCUT2D eigenvalue weighted by atomic mass is 9.64. The number of amides is 1. The van der Waals surface area contributed by atoms with E-state index in [1.165, 1.54) is 11.4 Å². The maximum atomic E-state index is 13.2. The lowest BCUT2D eigenvalue weighted by molar-refractivity contribution is -0.121. The molecule has 1 amide bonds. The molecule has 2 heterocycles. The number of nitrogens with zero attached hydrogens (tertiary/aromatic N) is 3. The normalized spacial score (nSPS) is 14.6. The first-order chi connectivity index (χ1) is 18.2. The molecule has 4 rings (SSSR count). The van der Waals surface area contributed by atoms with E-state index in [0.29, 0.717) is 16.8 Å². The van der Waals surface area contributed by atoms with Gasteiger partial charge in [-0.25, -0.2) is 9.78 Å². The largest absolute Gasteiger partial charge is 0.535 e. The van der Waals surface area contributed by atoms with Crippen LogP contribution in [0.15, 0.2) is 53.0 Å². The summed E-state index contributed by atoms with van der Waals surface area (Å²) >= 11 is 1.08. The molecule has 5 N–H and O–H groups in total. The van der Waals surface area contributed by atoms with Gasteiger partial charge in [0.1, 0.15) is 11.4 Å². The summed E-state index contributed by atoms with van der Waals surface area (Å²) in [7, 11) is -1.44. The summed E-state index contributed by atoms with van der Waals surface area (Å²) in [6.45, 7) is -0.517. The monoisotopic (exact) mass is 533 g/mol. The van der Waals surface area contributed by atoms with Crippen LogP contribution in [0.3, 0.4) is 0 Å². The average Bonchev–Trinajstić information content (AvgIpc) is 3.32. The maximum absolute atomic E-state index is 13.2. The number of anilines is 2. The van der Waals surface area contributed by atoms with Crippen molar-refractivity contribution in [2.24, 2.45) is 5.16 Å². The summed E-state index contributed by atoms with van der Waals surface area (Å²) in [6.07, 6.45) is -0.0430. The van der Waals surface area contributed by atoms with Crippen LogP contribution in [0.25, 0.3) is 0 Å². The summed E-state index contributed by atoms with van der Waals surface area (Å²) in [5, 5.41) is 36.8. The van der Waals surface area contributed by atoms with E-state index in [9.17, 15) is 24.5 Å². The minimum Gasteiger partial charge on any atom is -0.535 e. The van der Waals surface area contributed by atoms with Crippen molar-refractivity contribution in [1.82, 2.24) is 4.98 Å². The van der Waals surface area contributed by atoms with Gasteiger partial charge in [-0.15, -0.1) is 11.3 Å². The summed E-state index contributed by atoms with van der Waals surface area (Å²) in [4.78, 5) is 46.1. The van der Waals surface area contributed by atoms with Crippen LogP contribution in [-0.2, 0) is 20.8 Å². The Morgan fingerprint density at radius 3 is 2.71 bits per heavy atom. The second kappa shape index (κ2) is 11.5. The zero-order valence-corrected chi connectivity index (χ0v) is 20.5. The molecule has 0 bridgehead atoms. The van der Waals surface area contributed by atoms with Gasteiger partial charge < -0.3 is 30.7 Å². The van der Waals surface area contributed by atoms with Crippen molar-refractivity contribution in [3.05, 3.63) is 70.2 Å². The highest BCUT2D eigenvalue weighted by molar-refractivity contribution is 7.13. The molecule has 3 aromatic rings. The Hall–Kier alpha value is -4.74. The van der Waals surface area contributed by atoms with Gasteiger partial charge >= 0.3 is 13.1 Å². The smallest absolute Gasteiger partial charge is 0.526 e. The number of rotatable bonds is 9. The van der Waals surface area contributed by atoms with E-state index in [1.807, 2.05) is 6.07 Å². The van der Waals surface area contributed by atoms with E-state index in [0.717, 1.165) is 11.3 Å². The number of aromatic carboxylic acids is 1. The molecule has 1 aliphatic heterocycles. The van der Waals surface area contributed by atoms with Crippen molar-refractivity contribution in [3.8, 4) is 11.8 Å². The molecule has 0 radical (unpaired) electrons. The van der Waals surface area contributed by atoms with Crippen molar-refractivity contribution in [2.75, 3.05) is 17.7 Å². The number of benzene rings is 2. The number of Topliss-reactive ketones (excluding diaryl/α,β-unsaturated/α-hetero) is 1. The topological polar surface area (TPSA) is 197 Å². The van der Waals surface area contributed by atoms with Gasteiger partial charge in [0, 0.05) is 23.3 Å². The van der Waals surface area contributed by atoms with Crippen LogP contribution in [0.5, 0.6) is 5.75 Å². The number of nitrogens with one attached hydrogen (secondary N) is 1. The highest BCUT2D eigenvalue weighted by atomic mass is 32.1. The molecule has 1 aliphatic rings. The minimum atomic E-state index is -1.44. The molecule has 0 spiro atoms. The average molecular weight is 533 g/mol. The Kier molecular flexibility index (Phi) is 8.00. The first-order valence-corrected chi connectivity index (χ1v) is 12.1. The van der Waals surface area contributed by atoms with Crippen molar-refractivity contribution in [3.63, 3.8) is 0 Å². The Morgan fingerprint density at radius 1 is 1.29 bits per heavy atom. The lowest BCUT2D eigenvalue weighted by Crippen LogP contribution is -2.37. The number of nitrogens with two attached hydrogens (primary N) is 1. The maximum Gasteiger partial charge on any atom is 0.526 e. The van der Waals surface area contributed by atoms with Gasteiger partial charge in [-0.2, -0.15) is 5.26 Å². The Bertz CT molecular complexity index is 1450. The van der Waals surface area contributed by atoms with Crippen molar-refractivity contribution >= 4 is 52.6 Å².